The molecule has 4 saturated carbocycles. The van der Waals surface area contributed by atoms with E-state index in [-0.39, 0.29) is 11.9 Å². The first-order chi connectivity index (χ1) is 16.6. The van der Waals surface area contributed by atoms with Gasteiger partial charge in [0.05, 0.1) is 7.11 Å². The third-order valence-corrected chi connectivity index (χ3v) is 8.92. The lowest BCUT2D eigenvalue weighted by Gasteiger charge is -2.59. The molecule has 1 aromatic heterocycles. The second kappa shape index (κ2) is 8.86. The second-order valence-electron chi connectivity index (χ2n) is 10.6. The fourth-order valence-electron chi connectivity index (χ4n) is 6.94. The molecule has 2 N–H and O–H groups in total. The molecule has 8 heteroatoms. The Morgan fingerprint density at radius 1 is 1.03 bits per heavy atom. The molecule has 182 valence electrons. The summed E-state index contributed by atoms with van der Waals surface area (Å²) < 4.78 is 25.6. The van der Waals surface area contributed by atoms with Crippen LogP contribution in [0.4, 0.5) is 22.0 Å². The average molecular weight is 468 g/mol. The van der Waals surface area contributed by atoms with E-state index in [1.807, 2.05) is 0 Å². The summed E-state index contributed by atoms with van der Waals surface area (Å²) in [6.07, 6.45) is 13.0. The average Bonchev–Trinajstić information content (AvgIpc) is 3.02. The number of nitrogens with one attached hydrogen (secondary N) is 2. The second-order valence-corrected chi connectivity index (χ2v) is 10.6. The van der Waals surface area contributed by atoms with Gasteiger partial charge in [0, 0.05) is 24.2 Å². The van der Waals surface area contributed by atoms with Crippen LogP contribution in [0.15, 0.2) is 18.2 Å². The minimum Gasteiger partial charge on any atom is -0.494 e. The Balaban J connectivity index is 1.19. The van der Waals surface area contributed by atoms with E-state index in [0.717, 1.165) is 18.9 Å². The van der Waals surface area contributed by atoms with Crippen molar-refractivity contribution in [2.45, 2.75) is 70.3 Å². The first-order valence-corrected chi connectivity index (χ1v) is 12.9. The smallest absolute Gasteiger partial charge is 0.323 e. The van der Waals surface area contributed by atoms with E-state index < -0.39 is 5.82 Å². The Kier molecular flexibility index (Phi) is 5.70. The molecule has 4 atom stereocenters. The van der Waals surface area contributed by atoms with Crippen molar-refractivity contribution in [1.82, 2.24) is 15.0 Å². The van der Waals surface area contributed by atoms with E-state index in [0.29, 0.717) is 40.8 Å². The zero-order valence-corrected chi connectivity index (χ0v) is 19.9. The number of rotatable bonds is 8. The molecule has 6 rings (SSSR count). The van der Waals surface area contributed by atoms with Crippen molar-refractivity contribution in [1.29, 1.82) is 0 Å². The summed E-state index contributed by atoms with van der Waals surface area (Å²) in [6.45, 7) is 0.844. The Labute approximate surface area is 200 Å². The molecule has 0 bridgehead atoms. The molecule has 0 aliphatic heterocycles. The molecule has 0 amide bonds. The van der Waals surface area contributed by atoms with Gasteiger partial charge in [-0.2, -0.15) is 15.0 Å². The molecule has 0 saturated heterocycles. The highest BCUT2D eigenvalue weighted by Gasteiger charge is 2.66. The van der Waals surface area contributed by atoms with Crippen molar-refractivity contribution in [3.63, 3.8) is 0 Å². The summed E-state index contributed by atoms with van der Waals surface area (Å²) in [5.74, 6) is 2.80. The summed E-state index contributed by atoms with van der Waals surface area (Å²) in [5, 5.41) is 6.53. The van der Waals surface area contributed by atoms with E-state index >= 15 is 0 Å². The predicted molar refractivity (Wildman–Crippen MR) is 128 cm³/mol. The predicted octanol–water partition coefficient (Wildman–Crippen LogP) is 5.71. The number of nitrogens with zero attached hydrogens (tertiary/aromatic N) is 3. The van der Waals surface area contributed by atoms with Crippen LogP contribution in [0.1, 0.15) is 64.2 Å². The van der Waals surface area contributed by atoms with Crippen LogP contribution in [0.2, 0.25) is 0 Å². The lowest BCUT2D eigenvalue weighted by atomic mass is 9.47. The Morgan fingerprint density at radius 2 is 1.88 bits per heavy atom. The zero-order valence-electron chi connectivity index (χ0n) is 19.9. The van der Waals surface area contributed by atoms with Crippen molar-refractivity contribution in [3.8, 4) is 11.8 Å². The van der Waals surface area contributed by atoms with Crippen molar-refractivity contribution >= 4 is 17.6 Å². The first kappa shape index (κ1) is 21.9. The third-order valence-electron chi connectivity index (χ3n) is 8.92. The van der Waals surface area contributed by atoms with Gasteiger partial charge in [0.25, 0.3) is 0 Å². The van der Waals surface area contributed by atoms with Gasteiger partial charge in [-0.15, -0.1) is 0 Å². The van der Waals surface area contributed by atoms with E-state index in [1.165, 1.54) is 71.0 Å². The van der Waals surface area contributed by atoms with Gasteiger partial charge < -0.3 is 20.1 Å². The number of halogens is 1. The first-order valence-electron chi connectivity index (χ1n) is 12.9. The summed E-state index contributed by atoms with van der Waals surface area (Å²) >= 11 is 0. The highest BCUT2D eigenvalue weighted by molar-refractivity contribution is 5.56. The fourth-order valence-corrected chi connectivity index (χ4v) is 6.94. The number of aromatic nitrogens is 3. The molecule has 4 fully saturated rings. The molecule has 1 heterocycles. The molecular formula is C26H34FN5O2. The van der Waals surface area contributed by atoms with Gasteiger partial charge in [0.1, 0.15) is 6.10 Å². The Morgan fingerprint density at radius 3 is 2.65 bits per heavy atom. The SMILES string of the molecule is COc1ccc(Nc2nc(NCC3CCCCC3)nc(OC3CC45CCC4CCC35)n2)cc1F. The van der Waals surface area contributed by atoms with Gasteiger partial charge in [-0.05, 0) is 74.3 Å². The van der Waals surface area contributed by atoms with E-state index in [2.05, 4.69) is 25.6 Å². The highest BCUT2D eigenvalue weighted by Crippen LogP contribution is 2.70. The number of hydrogen-bond donors (Lipinski definition) is 2. The zero-order chi connectivity index (χ0) is 23.1. The van der Waals surface area contributed by atoms with Gasteiger partial charge in [-0.25, -0.2) is 4.39 Å². The number of methoxy groups -OCH3 is 1. The van der Waals surface area contributed by atoms with E-state index in [4.69, 9.17) is 9.47 Å². The molecule has 34 heavy (non-hydrogen) atoms. The van der Waals surface area contributed by atoms with Crippen LogP contribution in [-0.4, -0.2) is 34.7 Å². The van der Waals surface area contributed by atoms with Crippen LogP contribution in [0, 0.1) is 29.0 Å². The molecule has 2 aromatic rings. The van der Waals surface area contributed by atoms with Crippen LogP contribution < -0.4 is 20.1 Å². The number of benzene rings is 1. The quantitative estimate of drug-likeness (QED) is 0.514. The standard InChI is InChI=1S/C26H34FN5O2/c1-33-21-10-8-18(13-20(21)27)29-24-30-23(28-15-16-5-3-2-4-6-16)31-25(32-24)34-22-14-26-12-11-17(26)7-9-19(22)26/h8,10,13,16-17,19,22H,2-7,9,11-12,14-15H2,1H3,(H2,28,29,30,31,32). The summed E-state index contributed by atoms with van der Waals surface area (Å²) in [6, 6.07) is 5.05. The molecule has 4 unspecified atom stereocenters. The molecule has 1 spiro atoms. The Hall–Kier alpha value is -2.64. The normalized spacial score (nSPS) is 29.9. The van der Waals surface area contributed by atoms with Crippen LogP contribution in [0.25, 0.3) is 0 Å². The van der Waals surface area contributed by atoms with Crippen LogP contribution in [0.3, 0.4) is 0 Å². The molecule has 4 aliphatic rings. The third kappa shape index (κ3) is 3.95. The molecule has 4 aliphatic carbocycles. The van der Waals surface area contributed by atoms with Crippen molar-refractivity contribution in [3.05, 3.63) is 24.0 Å². The van der Waals surface area contributed by atoms with Gasteiger partial charge >= 0.3 is 6.01 Å². The van der Waals surface area contributed by atoms with Crippen LogP contribution in [0.5, 0.6) is 11.8 Å². The van der Waals surface area contributed by atoms with E-state index in [9.17, 15) is 4.39 Å². The summed E-state index contributed by atoms with van der Waals surface area (Å²) in [5.41, 5.74) is 1.09. The highest BCUT2D eigenvalue weighted by atomic mass is 19.1. The summed E-state index contributed by atoms with van der Waals surface area (Å²) in [4.78, 5) is 13.7. The number of anilines is 3. The molecule has 1 aromatic carbocycles. The molecule has 0 radical (unpaired) electrons. The van der Waals surface area contributed by atoms with Gasteiger partial charge in [0.2, 0.25) is 11.9 Å². The molecule has 7 nitrogen and oxygen atoms in total. The van der Waals surface area contributed by atoms with Crippen molar-refractivity contribution in [2.75, 3.05) is 24.3 Å². The minimum absolute atomic E-state index is 0.185. The fraction of sp³-hybridized carbons (Fsp3) is 0.654. The van der Waals surface area contributed by atoms with Crippen LogP contribution >= 0.6 is 0 Å². The minimum atomic E-state index is -0.440. The lowest BCUT2D eigenvalue weighted by Crippen LogP contribution is -2.58. The molecular weight excluding hydrogens is 433 g/mol. The number of ether oxygens (including phenoxy) is 2. The lowest BCUT2D eigenvalue weighted by molar-refractivity contribution is -0.146. The topological polar surface area (TPSA) is 81.2 Å². The maximum atomic E-state index is 14.2. The summed E-state index contributed by atoms with van der Waals surface area (Å²) in [7, 11) is 1.45. The van der Waals surface area contributed by atoms with Gasteiger partial charge in [-0.1, -0.05) is 19.3 Å². The van der Waals surface area contributed by atoms with E-state index in [1.54, 1.807) is 12.1 Å². The van der Waals surface area contributed by atoms with Crippen molar-refractivity contribution < 1.29 is 13.9 Å². The largest absolute Gasteiger partial charge is 0.494 e. The number of hydrogen-bond acceptors (Lipinski definition) is 7. The monoisotopic (exact) mass is 467 g/mol. The van der Waals surface area contributed by atoms with Gasteiger partial charge in [0.15, 0.2) is 11.6 Å². The van der Waals surface area contributed by atoms with Crippen LogP contribution in [-0.2, 0) is 0 Å². The maximum Gasteiger partial charge on any atom is 0.323 e. The van der Waals surface area contributed by atoms with Gasteiger partial charge in [-0.3, -0.25) is 0 Å². The Bertz CT molecular complexity index is 1050. The maximum absolute atomic E-state index is 14.2. The van der Waals surface area contributed by atoms with Crippen molar-refractivity contribution in [2.24, 2.45) is 23.2 Å².